The van der Waals surface area contributed by atoms with Crippen molar-refractivity contribution >= 4 is 22.5 Å². The lowest BCUT2D eigenvalue weighted by atomic mass is 10.1. The molecule has 3 rings (SSSR count). The van der Waals surface area contributed by atoms with Gasteiger partial charge in [0.15, 0.2) is 0 Å². The summed E-state index contributed by atoms with van der Waals surface area (Å²) in [5.74, 6) is 0.494. The van der Waals surface area contributed by atoms with Crippen molar-refractivity contribution < 1.29 is 14.3 Å². The Morgan fingerprint density at radius 3 is 2.57 bits per heavy atom. The Morgan fingerprint density at radius 2 is 1.86 bits per heavy atom. The van der Waals surface area contributed by atoms with Gasteiger partial charge < -0.3 is 19.4 Å². The number of amides is 1. The Kier molecular flexibility index (Phi) is 5.80. The maximum atomic E-state index is 12.8. The third kappa shape index (κ3) is 4.07. The molecule has 146 valence electrons. The van der Waals surface area contributed by atoms with E-state index >= 15 is 0 Å². The van der Waals surface area contributed by atoms with E-state index in [0.717, 1.165) is 27.7 Å². The van der Waals surface area contributed by atoms with Crippen molar-refractivity contribution in [1.29, 1.82) is 0 Å². The molecule has 0 saturated heterocycles. The second-order valence-corrected chi connectivity index (χ2v) is 6.78. The van der Waals surface area contributed by atoms with Gasteiger partial charge in [-0.3, -0.25) is 9.59 Å². The molecule has 0 bridgehead atoms. The zero-order chi connectivity index (χ0) is 20.3. The second-order valence-electron chi connectivity index (χ2n) is 6.78. The Bertz CT molecular complexity index is 1070. The average molecular weight is 380 g/mol. The number of hydrogen-bond donors (Lipinski definition) is 1. The van der Waals surface area contributed by atoms with Crippen molar-refractivity contribution in [3.05, 3.63) is 69.5 Å². The number of aromatic nitrogens is 1. The van der Waals surface area contributed by atoms with Crippen molar-refractivity contribution in [2.75, 3.05) is 25.7 Å². The number of benzene rings is 2. The molecule has 0 fully saturated rings. The fourth-order valence-corrected chi connectivity index (χ4v) is 3.16. The van der Waals surface area contributed by atoms with Crippen LogP contribution in [-0.4, -0.2) is 31.7 Å². The molecule has 0 spiro atoms. The topological polar surface area (TPSA) is 71.6 Å². The van der Waals surface area contributed by atoms with Crippen LogP contribution in [0.15, 0.2) is 47.3 Å². The number of hydrogen-bond acceptors (Lipinski definition) is 4. The van der Waals surface area contributed by atoms with Gasteiger partial charge in [-0.05, 0) is 55.3 Å². The number of ether oxygens (including phenoxy) is 2. The Labute approximate surface area is 163 Å². The Morgan fingerprint density at radius 1 is 1.07 bits per heavy atom. The highest BCUT2D eigenvalue weighted by molar-refractivity contribution is 5.95. The van der Waals surface area contributed by atoms with E-state index in [4.69, 9.17) is 9.47 Å². The summed E-state index contributed by atoms with van der Waals surface area (Å²) in [7, 11) is 3.08. The van der Waals surface area contributed by atoms with Crippen molar-refractivity contribution in [2.45, 2.75) is 20.4 Å². The first-order valence-corrected chi connectivity index (χ1v) is 8.99. The van der Waals surface area contributed by atoms with Crippen molar-refractivity contribution in [2.24, 2.45) is 0 Å². The van der Waals surface area contributed by atoms with E-state index in [1.54, 1.807) is 30.2 Å². The first-order chi connectivity index (χ1) is 13.4. The minimum atomic E-state index is -0.224. The molecule has 6 nitrogen and oxygen atoms in total. The van der Waals surface area contributed by atoms with E-state index < -0.39 is 0 Å². The first-order valence-electron chi connectivity index (χ1n) is 8.99. The molecule has 0 atom stereocenters. The van der Waals surface area contributed by atoms with Gasteiger partial charge in [0.25, 0.3) is 11.5 Å². The maximum absolute atomic E-state index is 12.8. The number of pyridine rings is 1. The van der Waals surface area contributed by atoms with Gasteiger partial charge in [0.2, 0.25) is 0 Å². The summed E-state index contributed by atoms with van der Waals surface area (Å²) in [5, 5.41) is 0.842. The number of carbonyl (C=O) groups excluding carboxylic acids is 1. The lowest BCUT2D eigenvalue weighted by molar-refractivity contribution is -0.122. The number of fused-ring (bicyclic) bond motifs is 1. The summed E-state index contributed by atoms with van der Waals surface area (Å²) in [5.41, 5.74) is 3.74. The van der Waals surface area contributed by atoms with Crippen LogP contribution in [0.2, 0.25) is 0 Å². The van der Waals surface area contributed by atoms with Crippen LogP contribution in [0.25, 0.3) is 10.9 Å². The Hall–Kier alpha value is -3.12. The van der Waals surface area contributed by atoms with Crippen LogP contribution in [0.4, 0.5) is 5.69 Å². The van der Waals surface area contributed by atoms with Crippen LogP contribution < -0.4 is 15.2 Å². The molecular formula is C22H24N2O4. The van der Waals surface area contributed by atoms with Crippen LogP contribution in [0.1, 0.15) is 16.7 Å². The van der Waals surface area contributed by atoms with Crippen LogP contribution in [0.3, 0.4) is 0 Å². The molecule has 0 aliphatic rings. The minimum absolute atomic E-state index is 0.0628. The molecule has 0 radical (unpaired) electrons. The quantitative estimate of drug-likeness (QED) is 0.712. The zero-order valence-electron chi connectivity index (χ0n) is 16.5. The summed E-state index contributed by atoms with van der Waals surface area (Å²) in [6.45, 7) is 4.00. The van der Waals surface area contributed by atoms with Gasteiger partial charge in [-0.1, -0.05) is 12.1 Å². The van der Waals surface area contributed by atoms with Crippen molar-refractivity contribution in [1.82, 2.24) is 4.98 Å². The van der Waals surface area contributed by atoms with Crippen molar-refractivity contribution in [3.63, 3.8) is 0 Å². The van der Waals surface area contributed by atoms with Crippen molar-refractivity contribution in [3.8, 4) is 5.75 Å². The smallest absolute Gasteiger partial charge is 0.253 e. The molecule has 0 aliphatic carbocycles. The predicted molar refractivity (Wildman–Crippen MR) is 110 cm³/mol. The monoisotopic (exact) mass is 380 g/mol. The molecule has 1 N–H and O–H groups in total. The highest BCUT2D eigenvalue weighted by atomic mass is 16.5. The summed E-state index contributed by atoms with van der Waals surface area (Å²) in [4.78, 5) is 29.9. The highest BCUT2D eigenvalue weighted by Crippen LogP contribution is 2.25. The first kappa shape index (κ1) is 19.6. The number of aryl methyl sites for hydroxylation is 2. The molecule has 1 heterocycles. The molecular weight excluding hydrogens is 356 g/mol. The van der Waals surface area contributed by atoms with E-state index in [-0.39, 0.29) is 24.6 Å². The van der Waals surface area contributed by atoms with E-state index in [2.05, 4.69) is 4.98 Å². The Balaban J connectivity index is 2.07. The van der Waals surface area contributed by atoms with Crippen LogP contribution in [0.5, 0.6) is 5.75 Å². The van der Waals surface area contributed by atoms with Gasteiger partial charge in [0.05, 0.1) is 13.7 Å². The number of nitrogens with zero attached hydrogens (tertiary/aromatic N) is 1. The number of anilines is 1. The standard InChI is InChI=1S/C22H24N2O4/c1-14-5-6-15(2)20(9-14)24(21(25)13-27-3)12-17-10-16-11-18(28-4)7-8-19(16)23-22(17)26/h5-11H,12-13H2,1-4H3,(H,23,26). The van der Waals surface area contributed by atoms with E-state index in [9.17, 15) is 9.59 Å². The van der Waals surface area contributed by atoms with Gasteiger partial charge in [-0.15, -0.1) is 0 Å². The molecule has 0 saturated carbocycles. The predicted octanol–water partition coefficient (Wildman–Crippen LogP) is 3.33. The molecule has 0 unspecified atom stereocenters. The molecule has 1 aromatic heterocycles. The second kappa shape index (κ2) is 8.27. The van der Waals surface area contributed by atoms with Gasteiger partial charge in [0, 0.05) is 29.3 Å². The average Bonchev–Trinajstić information content (AvgIpc) is 2.68. The third-order valence-corrected chi connectivity index (χ3v) is 4.68. The molecule has 0 aliphatic heterocycles. The van der Waals surface area contributed by atoms with Gasteiger partial charge in [-0.25, -0.2) is 0 Å². The molecule has 1 amide bonds. The fourth-order valence-electron chi connectivity index (χ4n) is 3.16. The molecule has 6 heteroatoms. The normalized spacial score (nSPS) is 10.9. The SMILES string of the molecule is COCC(=O)N(Cc1cc2cc(OC)ccc2[nH]c1=O)c1cc(C)ccc1C. The molecule has 3 aromatic rings. The van der Waals surface area contributed by atoms with E-state index in [0.29, 0.717) is 11.3 Å². The third-order valence-electron chi connectivity index (χ3n) is 4.68. The maximum Gasteiger partial charge on any atom is 0.253 e. The number of H-pyrrole nitrogens is 1. The number of aromatic amines is 1. The van der Waals surface area contributed by atoms with Gasteiger partial charge in [0.1, 0.15) is 12.4 Å². The number of carbonyl (C=O) groups is 1. The molecule has 28 heavy (non-hydrogen) atoms. The minimum Gasteiger partial charge on any atom is -0.497 e. The lowest BCUT2D eigenvalue weighted by Gasteiger charge is -2.25. The van der Waals surface area contributed by atoms with E-state index in [1.807, 2.05) is 38.1 Å². The van der Waals surface area contributed by atoms with Crippen LogP contribution in [0, 0.1) is 13.8 Å². The van der Waals surface area contributed by atoms with Crippen LogP contribution >= 0.6 is 0 Å². The molecule has 2 aromatic carbocycles. The number of rotatable bonds is 6. The summed E-state index contributed by atoms with van der Waals surface area (Å²) >= 11 is 0. The fraction of sp³-hybridized carbons (Fsp3) is 0.273. The zero-order valence-corrected chi connectivity index (χ0v) is 16.5. The summed E-state index contributed by atoms with van der Waals surface area (Å²) in [6.07, 6.45) is 0. The van der Waals surface area contributed by atoms with E-state index in [1.165, 1.54) is 7.11 Å². The lowest BCUT2D eigenvalue weighted by Crippen LogP contribution is -2.35. The van der Waals surface area contributed by atoms with Gasteiger partial charge in [-0.2, -0.15) is 0 Å². The van der Waals surface area contributed by atoms with Gasteiger partial charge >= 0.3 is 0 Å². The highest BCUT2D eigenvalue weighted by Gasteiger charge is 2.20. The largest absolute Gasteiger partial charge is 0.497 e. The summed E-state index contributed by atoms with van der Waals surface area (Å²) in [6, 6.07) is 13.2. The summed E-state index contributed by atoms with van der Waals surface area (Å²) < 4.78 is 10.3. The van der Waals surface area contributed by atoms with Crippen LogP contribution in [-0.2, 0) is 16.1 Å². The number of methoxy groups -OCH3 is 2. The number of nitrogens with one attached hydrogen (secondary N) is 1.